The predicted molar refractivity (Wildman–Crippen MR) is 113 cm³/mol. The Balaban J connectivity index is 1.51. The van der Waals surface area contributed by atoms with Crippen LogP contribution in [-0.4, -0.2) is 41.4 Å². The standard InChI is InChI=1S/C22H27N5O2/c1-14-8-15(2)20(16(3)9-14)27-12-17(10-19(27)28)22(29)25-18-11-23-13-24-21(18)26-6-4-5-7-26/h8-9,11,13,17H,4-7,10,12H2,1-3H3,(H,25,29). The van der Waals surface area contributed by atoms with Crippen LogP contribution in [0.15, 0.2) is 24.7 Å². The summed E-state index contributed by atoms with van der Waals surface area (Å²) in [5.74, 6) is 0.203. The highest BCUT2D eigenvalue weighted by molar-refractivity contribution is 6.04. The van der Waals surface area contributed by atoms with Gasteiger partial charge in [0.2, 0.25) is 11.8 Å². The summed E-state index contributed by atoms with van der Waals surface area (Å²) >= 11 is 0. The Morgan fingerprint density at radius 1 is 1.14 bits per heavy atom. The van der Waals surface area contributed by atoms with Gasteiger partial charge < -0.3 is 15.1 Å². The van der Waals surface area contributed by atoms with Crippen molar-refractivity contribution in [2.75, 3.05) is 34.8 Å². The number of nitrogens with zero attached hydrogens (tertiary/aromatic N) is 4. The van der Waals surface area contributed by atoms with Crippen LogP contribution in [0.1, 0.15) is 36.0 Å². The molecule has 29 heavy (non-hydrogen) atoms. The molecule has 1 aromatic heterocycles. The van der Waals surface area contributed by atoms with E-state index in [1.165, 1.54) is 11.9 Å². The van der Waals surface area contributed by atoms with Crippen LogP contribution >= 0.6 is 0 Å². The molecule has 1 unspecified atom stereocenters. The number of amides is 2. The van der Waals surface area contributed by atoms with Crippen LogP contribution in [0.4, 0.5) is 17.2 Å². The van der Waals surface area contributed by atoms with Crippen molar-refractivity contribution in [1.82, 2.24) is 9.97 Å². The summed E-state index contributed by atoms with van der Waals surface area (Å²) in [6.45, 7) is 8.33. The number of aromatic nitrogens is 2. The lowest BCUT2D eigenvalue weighted by Crippen LogP contribution is -2.30. The first-order chi connectivity index (χ1) is 13.9. The van der Waals surface area contributed by atoms with Crippen molar-refractivity contribution in [1.29, 1.82) is 0 Å². The molecule has 0 bridgehead atoms. The van der Waals surface area contributed by atoms with E-state index in [9.17, 15) is 9.59 Å². The highest BCUT2D eigenvalue weighted by Crippen LogP contribution is 2.33. The molecule has 0 radical (unpaired) electrons. The van der Waals surface area contributed by atoms with Gasteiger partial charge in [0.15, 0.2) is 5.82 Å². The lowest BCUT2D eigenvalue weighted by atomic mass is 10.0. The van der Waals surface area contributed by atoms with Crippen molar-refractivity contribution in [3.8, 4) is 0 Å². The Labute approximate surface area is 171 Å². The van der Waals surface area contributed by atoms with E-state index in [2.05, 4.69) is 32.3 Å². The second kappa shape index (κ2) is 7.81. The molecule has 1 atom stereocenters. The Hall–Kier alpha value is -2.96. The van der Waals surface area contributed by atoms with Gasteiger partial charge in [-0.25, -0.2) is 9.97 Å². The predicted octanol–water partition coefficient (Wildman–Crippen LogP) is 2.99. The van der Waals surface area contributed by atoms with Crippen LogP contribution in [0.2, 0.25) is 0 Å². The fourth-order valence-corrected chi connectivity index (χ4v) is 4.52. The lowest BCUT2D eigenvalue weighted by Gasteiger charge is -2.22. The molecule has 2 aromatic rings. The minimum atomic E-state index is -0.394. The average molecular weight is 393 g/mol. The molecule has 0 aliphatic carbocycles. The van der Waals surface area contributed by atoms with Crippen LogP contribution in [0.5, 0.6) is 0 Å². The third-order valence-electron chi connectivity index (χ3n) is 5.76. The molecule has 0 spiro atoms. The maximum atomic E-state index is 13.0. The maximum Gasteiger partial charge on any atom is 0.229 e. The molecule has 1 N–H and O–H groups in total. The second-order valence-electron chi connectivity index (χ2n) is 8.10. The van der Waals surface area contributed by atoms with Gasteiger partial charge in [-0.3, -0.25) is 9.59 Å². The fraction of sp³-hybridized carbons (Fsp3) is 0.455. The zero-order valence-electron chi connectivity index (χ0n) is 17.2. The van der Waals surface area contributed by atoms with Gasteiger partial charge in [0.25, 0.3) is 0 Å². The summed E-state index contributed by atoms with van der Waals surface area (Å²) in [4.78, 5) is 38.1. The van der Waals surface area contributed by atoms with Gasteiger partial charge in [0.1, 0.15) is 12.0 Å². The van der Waals surface area contributed by atoms with Crippen LogP contribution in [0.25, 0.3) is 0 Å². The third kappa shape index (κ3) is 3.81. The van der Waals surface area contributed by atoms with Crippen LogP contribution < -0.4 is 15.1 Å². The maximum absolute atomic E-state index is 13.0. The highest BCUT2D eigenvalue weighted by atomic mass is 16.2. The van der Waals surface area contributed by atoms with E-state index < -0.39 is 5.92 Å². The summed E-state index contributed by atoms with van der Waals surface area (Å²) in [6.07, 6.45) is 5.61. The molecule has 152 valence electrons. The van der Waals surface area contributed by atoms with E-state index in [0.717, 1.165) is 48.6 Å². The average Bonchev–Trinajstić information content (AvgIpc) is 3.32. The first kappa shape index (κ1) is 19.4. The molecular formula is C22H27N5O2. The molecule has 7 nitrogen and oxygen atoms in total. The molecule has 2 saturated heterocycles. The van der Waals surface area contributed by atoms with Crippen molar-refractivity contribution < 1.29 is 9.59 Å². The number of carbonyl (C=O) groups is 2. The second-order valence-corrected chi connectivity index (χ2v) is 8.10. The number of aryl methyl sites for hydroxylation is 3. The summed E-state index contributed by atoms with van der Waals surface area (Å²) in [6, 6.07) is 4.15. The van der Waals surface area contributed by atoms with Gasteiger partial charge in [0.05, 0.1) is 12.1 Å². The number of rotatable bonds is 4. The molecule has 2 aliphatic rings. The zero-order valence-corrected chi connectivity index (χ0v) is 17.2. The summed E-state index contributed by atoms with van der Waals surface area (Å²) < 4.78 is 0. The molecular weight excluding hydrogens is 366 g/mol. The Morgan fingerprint density at radius 2 is 1.83 bits per heavy atom. The summed E-state index contributed by atoms with van der Waals surface area (Å²) in [5, 5.41) is 2.98. The molecule has 1 aromatic carbocycles. The lowest BCUT2D eigenvalue weighted by molar-refractivity contribution is -0.122. The van der Waals surface area contributed by atoms with E-state index in [4.69, 9.17) is 0 Å². The van der Waals surface area contributed by atoms with Gasteiger partial charge in [0, 0.05) is 31.7 Å². The van der Waals surface area contributed by atoms with Crippen molar-refractivity contribution in [3.63, 3.8) is 0 Å². The molecule has 2 aliphatic heterocycles. The molecule has 4 rings (SSSR count). The number of carbonyl (C=O) groups excluding carboxylic acids is 2. The number of benzene rings is 1. The van der Waals surface area contributed by atoms with Crippen LogP contribution in [0, 0.1) is 26.7 Å². The number of anilines is 3. The van der Waals surface area contributed by atoms with Gasteiger partial charge in [-0.2, -0.15) is 0 Å². The summed E-state index contributed by atoms with van der Waals surface area (Å²) in [7, 11) is 0. The minimum absolute atomic E-state index is 0.00992. The monoisotopic (exact) mass is 393 g/mol. The van der Waals surface area contributed by atoms with Crippen LogP contribution in [-0.2, 0) is 9.59 Å². The first-order valence-corrected chi connectivity index (χ1v) is 10.2. The Kier molecular flexibility index (Phi) is 5.22. The molecule has 0 saturated carbocycles. The first-order valence-electron chi connectivity index (χ1n) is 10.2. The van der Waals surface area contributed by atoms with Gasteiger partial charge in [-0.1, -0.05) is 17.7 Å². The Bertz CT molecular complexity index is 929. The highest BCUT2D eigenvalue weighted by Gasteiger charge is 2.36. The normalized spacial score (nSPS) is 19.1. The van der Waals surface area contributed by atoms with Crippen molar-refractivity contribution in [2.24, 2.45) is 5.92 Å². The van der Waals surface area contributed by atoms with E-state index in [0.29, 0.717) is 12.2 Å². The minimum Gasteiger partial charge on any atom is -0.355 e. The Morgan fingerprint density at radius 3 is 2.52 bits per heavy atom. The number of hydrogen-bond donors (Lipinski definition) is 1. The van der Waals surface area contributed by atoms with Crippen molar-refractivity contribution in [2.45, 2.75) is 40.0 Å². The van der Waals surface area contributed by atoms with E-state index in [1.807, 2.05) is 20.8 Å². The van der Waals surface area contributed by atoms with Gasteiger partial charge in [-0.15, -0.1) is 0 Å². The van der Waals surface area contributed by atoms with Gasteiger partial charge >= 0.3 is 0 Å². The van der Waals surface area contributed by atoms with E-state index >= 15 is 0 Å². The number of hydrogen-bond acceptors (Lipinski definition) is 5. The van der Waals surface area contributed by atoms with Crippen molar-refractivity contribution >= 4 is 29.0 Å². The molecule has 7 heteroatoms. The summed E-state index contributed by atoms with van der Waals surface area (Å²) in [5.41, 5.74) is 4.84. The molecule has 3 heterocycles. The zero-order chi connectivity index (χ0) is 20.5. The SMILES string of the molecule is Cc1cc(C)c(N2CC(C(=O)Nc3cncnc3N3CCCC3)CC2=O)c(C)c1. The molecule has 2 amide bonds. The van der Waals surface area contributed by atoms with Crippen molar-refractivity contribution in [3.05, 3.63) is 41.3 Å². The largest absolute Gasteiger partial charge is 0.355 e. The number of nitrogens with one attached hydrogen (secondary N) is 1. The third-order valence-corrected chi connectivity index (χ3v) is 5.76. The van der Waals surface area contributed by atoms with Gasteiger partial charge in [-0.05, 0) is 44.7 Å². The van der Waals surface area contributed by atoms with E-state index in [1.54, 1.807) is 11.1 Å². The smallest absolute Gasteiger partial charge is 0.229 e. The quantitative estimate of drug-likeness (QED) is 0.864. The fourth-order valence-electron chi connectivity index (χ4n) is 4.52. The van der Waals surface area contributed by atoms with Crippen LogP contribution in [0.3, 0.4) is 0 Å². The van der Waals surface area contributed by atoms with E-state index in [-0.39, 0.29) is 18.2 Å². The molecule has 2 fully saturated rings. The topological polar surface area (TPSA) is 78.4 Å².